The van der Waals surface area contributed by atoms with Crippen LogP contribution in [0.1, 0.15) is 48.5 Å². The minimum atomic E-state index is -1.23. The average Bonchev–Trinajstić information content (AvgIpc) is 2.34. The van der Waals surface area contributed by atoms with Crippen LogP contribution >= 0.6 is 16.3 Å². The molecule has 20 heavy (non-hydrogen) atoms. The molecule has 0 bridgehead atoms. The summed E-state index contributed by atoms with van der Waals surface area (Å²) < 4.78 is 16.8. The Kier molecular flexibility index (Phi) is 11.0. The average molecular weight is 324 g/mol. The molecule has 0 radical (unpaired) electrons. The molecule has 6 heteroatoms. The zero-order valence-corrected chi connectivity index (χ0v) is 15.7. The standard InChI is InChI=1S/C14H30O4P2/c1-8-16-13(15)14(19(11(4)5)12(6)7)20(17-9-2)18-10-3/h11-12,14H,8-10H2,1-7H3. The van der Waals surface area contributed by atoms with Crippen LogP contribution in [-0.4, -0.2) is 42.5 Å². The summed E-state index contributed by atoms with van der Waals surface area (Å²) in [5.74, 6) is -0.158. The van der Waals surface area contributed by atoms with Crippen LogP contribution in [0.25, 0.3) is 0 Å². The lowest BCUT2D eigenvalue weighted by atomic mass is 10.5. The van der Waals surface area contributed by atoms with Crippen molar-refractivity contribution < 1.29 is 18.6 Å². The zero-order valence-electron chi connectivity index (χ0n) is 13.9. The lowest BCUT2D eigenvalue weighted by Crippen LogP contribution is -2.27. The Labute approximate surface area is 126 Å². The number of rotatable bonds is 10. The van der Waals surface area contributed by atoms with Crippen molar-refractivity contribution >= 4 is 22.3 Å². The molecule has 120 valence electrons. The van der Waals surface area contributed by atoms with E-state index in [9.17, 15) is 4.79 Å². The van der Waals surface area contributed by atoms with Crippen molar-refractivity contribution in [3.63, 3.8) is 0 Å². The SMILES string of the molecule is CCOC(=O)C(P(OCC)OCC)P(C(C)C)C(C)C. The highest BCUT2D eigenvalue weighted by molar-refractivity contribution is 7.74. The van der Waals surface area contributed by atoms with Crippen molar-refractivity contribution in [2.75, 3.05) is 19.8 Å². The third-order valence-corrected chi connectivity index (χ3v) is 8.85. The van der Waals surface area contributed by atoms with E-state index in [2.05, 4.69) is 27.7 Å². The minimum Gasteiger partial charge on any atom is -0.465 e. The molecule has 0 N–H and O–H groups in total. The van der Waals surface area contributed by atoms with Gasteiger partial charge in [0.15, 0.2) is 8.38 Å². The fraction of sp³-hybridized carbons (Fsp3) is 0.929. The zero-order chi connectivity index (χ0) is 15.7. The molecule has 0 aromatic rings. The maximum Gasteiger partial charge on any atom is 0.322 e. The first kappa shape index (κ1) is 20.2. The predicted octanol–water partition coefficient (Wildman–Crippen LogP) is 4.56. The highest BCUT2D eigenvalue weighted by Gasteiger charge is 2.41. The maximum absolute atomic E-state index is 12.4. The fourth-order valence-electron chi connectivity index (χ4n) is 2.13. The summed E-state index contributed by atoms with van der Waals surface area (Å²) in [7, 11) is -1.78. The Balaban J connectivity index is 5.34. The molecule has 4 nitrogen and oxygen atoms in total. The molecule has 0 aliphatic heterocycles. The first-order valence-corrected chi connectivity index (χ1v) is 10.2. The quantitative estimate of drug-likeness (QED) is 0.436. The molecule has 0 fully saturated rings. The molecule has 0 aromatic heterocycles. The molecule has 1 unspecified atom stereocenters. The van der Waals surface area contributed by atoms with E-state index in [-0.39, 0.29) is 11.4 Å². The minimum absolute atomic E-state index is 0.158. The van der Waals surface area contributed by atoms with Crippen LogP contribution in [0, 0.1) is 0 Å². The smallest absolute Gasteiger partial charge is 0.322 e. The highest BCUT2D eigenvalue weighted by atomic mass is 31.2. The molecule has 0 amide bonds. The summed E-state index contributed by atoms with van der Waals surface area (Å²) in [4.78, 5) is 12.4. The van der Waals surface area contributed by atoms with Gasteiger partial charge in [-0.15, -0.1) is 0 Å². The summed E-state index contributed by atoms with van der Waals surface area (Å²) in [5, 5.41) is -0.250. The highest BCUT2D eigenvalue weighted by Crippen LogP contribution is 2.64. The lowest BCUT2D eigenvalue weighted by molar-refractivity contribution is -0.141. The number of carbonyl (C=O) groups excluding carboxylic acids is 1. The van der Waals surface area contributed by atoms with Gasteiger partial charge in [-0.3, -0.25) is 4.79 Å². The molecule has 0 saturated heterocycles. The van der Waals surface area contributed by atoms with Crippen LogP contribution in [0.3, 0.4) is 0 Å². The first-order valence-electron chi connectivity index (χ1n) is 7.39. The molecule has 0 aliphatic rings. The number of hydrogen-bond donors (Lipinski definition) is 0. The van der Waals surface area contributed by atoms with Gasteiger partial charge in [0, 0.05) is 0 Å². The lowest BCUT2D eigenvalue weighted by Gasteiger charge is -2.35. The monoisotopic (exact) mass is 324 g/mol. The van der Waals surface area contributed by atoms with Gasteiger partial charge in [0.2, 0.25) is 0 Å². The largest absolute Gasteiger partial charge is 0.465 e. The fourth-order valence-corrected chi connectivity index (χ4v) is 8.75. The number of hydrogen-bond acceptors (Lipinski definition) is 4. The summed E-state index contributed by atoms with van der Waals surface area (Å²) in [6.07, 6.45) is 0. The van der Waals surface area contributed by atoms with E-state index in [4.69, 9.17) is 13.8 Å². The number of esters is 1. The molecular weight excluding hydrogens is 294 g/mol. The second-order valence-corrected chi connectivity index (χ2v) is 10.4. The van der Waals surface area contributed by atoms with Gasteiger partial charge in [-0.2, -0.15) is 0 Å². The van der Waals surface area contributed by atoms with Crippen molar-refractivity contribution in [3.8, 4) is 0 Å². The Bertz CT molecular complexity index is 258. The van der Waals surface area contributed by atoms with Gasteiger partial charge >= 0.3 is 5.97 Å². The molecule has 0 spiro atoms. The van der Waals surface area contributed by atoms with Gasteiger partial charge in [-0.25, -0.2) is 0 Å². The van der Waals surface area contributed by atoms with E-state index >= 15 is 0 Å². The molecule has 1 atom stereocenters. The summed E-state index contributed by atoms with van der Waals surface area (Å²) in [5.41, 5.74) is 0.871. The number of ether oxygens (including phenoxy) is 1. The Morgan fingerprint density at radius 1 is 0.900 bits per heavy atom. The van der Waals surface area contributed by atoms with Crippen LogP contribution in [0.5, 0.6) is 0 Å². The Morgan fingerprint density at radius 3 is 1.65 bits per heavy atom. The van der Waals surface area contributed by atoms with Crippen LogP contribution in [0.2, 0.25) is 0 Å². The van der Waals surface area contributed by atoms with E-state index in [1.807, 2.05) is 20.8 Å². The van der Waals surface area contributed by atoms with E-state index < -0.39 is 16.3 Å². The topological polar surface area (TPSA) is 44.8 Å². The predicted molar refractivity (Wildman–Crippen MR) is 87.8 cm³/mol. The van der Waals surface area contributed by atoms with E-state index in [0.717, 1.165) is 0 Å². The van der Waals surface area contributed by atoms with Gasteiger partial charge in [-0.1, -0.05) is 35.6 Å². The number of carbonyl (C=O) groups is 1. The third-order valence-electron chi connectivity index (χ3n) is 2.68. The molecule has 0 aromatic carbocycles. The van der Waals surface area contributed by atoms with Gasteiger partial charge in [0.05, 0.1) is 19.8 Å². The van der Waals surface area contributed by atoms with Crippen molar-refractivity contribution in [2.24, 2.45) is 0 Å². The maximum atomic E-state index is 12.4. The second kappa shape index (κ2) is 10.9. The van der Waals surface area contributed by atoms with Gasteiger partial charge in [-0.05, 0) is 32.1 Å². The van der Waals surface area contributed by atoms with Crippen molar-refractivity contribution in [1.29, 1.82) is 0 Å². The van der Waals surface area contributed by atoms with Crippen LogP contribution in [0.15, 0.2) is 0 Å². The summed E-state index contributed by atoms with van der Waals surface area (Å²) in [6.45, 7) is 15.9. The molecular formula is C14H30O4P2. The van der Waals surface area contributed by atoms with Crippen molar-refractivity contribution in [1.82, 2.24) is 0 Å². The van der Waals surface area contributed by atoms with Crippen molar-refractivity contribution in [3.05, 3.63) is 0 Å². The van der Waals surface area contributed by atoms with Crippen LogP contribution in [0.4, 0.5) is 0 Å². The molecule has 0 rings (SSSR count). The third kappa shape index (κ3) is 6.35. The Morgan fingerprint density at radius 2 is 1.35 bits per heavy atom. The Hall–Kier alpha value is 0.250. The van der Waals surface area contributed by atoms with Crippen molar-refractivity contribution in [2.45, 2.75) is 65.2 Å². The first-order chi connectivity index (χ1) is 9.40. The normalized spacial score (nSPS) is 13.6. The van der Waals surface area contributed by atoms with Gasteiger partial charge in [0.1, 0.15) is 5.40 Å². The second-order valence-electron chi connectivity index (χ2n) is 4.88. The molecule has 0 aliphatic carbocycles. The van der Waals surface area contributed by atoms with E-state index in [1.165, 1.54) is 0 Å². The summed E-state index contributed by atoms with van der Waals surface area (Å²) >= 11 is 0. The van der Waals surface area contributed by atoms with Gasteiger partial charge in [0.25, 0.3) is 0 Å². The summed E-state index contributed by atoms with van der Waals surface area (Å²) in [6, 6.07) is 0. The van der Waals surface area contributed by atoms with Gasteiger partial charge < -0.3 is 13.8 Å². The molecule has 0 saturated carbocycles. The van der Waals surface area contributed by atoms with E-state index in [1.54, 1.807) is 0 Å². The van der Waals surface area contributed by atoms with Crippen LogP contribution in [-0.2, 0) is 18.6 Å². The van der Waals surface area contributed by atoms with E-state index in [0.29, 0.717) is 31.1 Å². The van der Waals surface area contributed by atoms with Crippen LogP contribution < -0.4 is 0 Å². The molecule has 0 heterocycles.